The molecule has 0 aromatic heterocycles. The predicted molar refractivity (Wildman–Crippen MR) is 76.0 cm³/mol. The minimum Gasteiger partial charge on any atom is -0.271 e. The first-order valence-corrected chi connectivity index (χ1v) is 7.56. The molecule has 1 fully saturated rings. The molecule has 1 aliphatic heterocycles. The van der Waals surface area contributed by atoms with Gasteiger partial charge >= 0.3 is 0 Å². The maximum atomic E-state index is 5.70. The average molecular weight is 250 g/mol. The molecular formula is C14H22N2S. The van der Waals surface area contributed by atoms with Gasteiger partial charge in [0.25, 0.3) is 0 Å². The zero-order valence-corrected chi connectivity index (χ0v) is 11.1. The van der Waals surface area contributed by atoms with Gasteiger partial charge in [-0.15, -0.1) is 0 Å². The SMILES string of the molecule is NNC(CCc1ccccc1)C1CCCCS1. The fourth-order valence-corrected chi connectivity index (χ4v) is 3.88. The number of hydrogen-bond donors (Lipinski definition) is 2. The number of nitrogens with two attached hydrogens (primary N) is 1. The van der Waals surface area contributed by atoms with Gasteiger partial charge < -0.3 is 0 Å². The van der Waals surface area contributed by atoms with E-state index >= 15 is 0 Å². The molecular weight excluding hydrogens is 228 g/mol. The van der Waals surface area contributed by atoms with Gasteiger partial charge in [-0.25, -0.2) is 0 Å². The lowest BCUT2D eigenvalue weighted by molar-refractivity contribution is 0.449. The summed E-state index contributed by atoms with van der Waals surface area (Å²) < 4.78 is 0. The first-order valence-electron chi connectivity index (χ1n) is 6.52. The maximum absolute atomic E-state index is 5.70. The van der Waals surface area contributed by atoms with Crippen LogP contribution in [0, 0.1) is 0 Å². The van der Waals surface area contributed by atoms with Crippen LogP contribution in [0.2, 0.25) is 0 Å². The van der Waals surface area contributed by atoms with Gasteiger partial charge in [0.2, 0.25) is 0 Å². The number of thioether (sulfide) groups is 1. The molecule has 94 valence electrons. The van der Waals surface area contributed by atoms with Crippen LogP contribution in [0.1, 0.15) is 31.2 Å². The van der Waals surface area contributed by atoms with E-state index in [1.807, 2.05) is 0 Å². The van der Waals surface area contributed by atoms with Crippen LogP contribution in [-0.4, -0.2) is 17.0 Å². The second-order valence-corrected chi connectivity index (χ2v) is 6.05. The highest BCUT2D eigenvalue weighted by atomic mass is 32.2. The summed E-state index contributed by atoms with van der Waals surface area (Å²) in [5, 5.41) is 0.706. The smallest absolute Gasteiger partial charge is 0.0332 e. The third kappa shape index (κ3) is 4.02. The van der Waals surface area contributed by atoms with E-state index in [2.05, 4.69) is 47.5 Å². The molecule has 2 nitrogen and oxygen atoms in total. The molecule has 17 heavy (non-hydrogen) atoms. The lowest BCUT2D eigenvalue weighted by Crippen LogP contribution is -2.43. The number of aryl methyl sites for hydroxylation is 1. The summed E-state index contributed by atoms with van der Waals surface area (Å²) in [5.41, 5.74) is 4.43. The number of nitrogens with one attached hydrogen (secondary N) is 1. The fraction of sp³-hybridized carbons (Fsp3) is 0.571. The summed E-state index contributed by atoms with van der Waals surface area (Å²) in [7, 11) is 0. The van der Waals surface area contributed by atoms with Crippen LogP contribution < -0.4 is 11.3 Å². The molecule has 0 amide bonds. The van der Waals surface area contributed by atoms with Gasteiger partial charge in [-0.2, -0.15) is 11.8 Å². The minimum absolute atomic E-state index is 0.459. The molecule has 0 spiro atoms. The van der Waals surface area contributed by atoms with E-state index in [9.17, 15) is 0 Å². The Hall–Kier alpha value is -0.510. The Morgan fingerprint density at radius 3 is 2.76 bits per heavy atom. The molecule has 1 saturated heterocycles. The molecule has 2 rings (SSSR count). The lowest BCUT2D eigenvalue weighted by Gasteiger charge is -2.29. The number of rotatable bonds is 5. The molecule has 1 heterocycles. The molecule has 0 saturated carbocycles. The van der Waals surface area contributed by atoms with E-state index in [1.54, 1.807) is 0 Å². The third-order valence-corrected chi connectivity index (χ3v) is 4.98. The summed E-state index contributed by atoms with van der Waals surface area (Å²) in [6.45, 7) is 0. The Bertz CT molecular complexity index is 309. The van der Waals surface area contributed by atoms with Crippen LogP contribution in [0.3, 0.4) is 0 Å². The van der Waals surface area contributed by atoms with Crippen molar-refractivity contribution in [3.8, 4) is 0 Å². The number of hydrazine groups is 1. The summed E-state index contributed by atoms with van der Waals surface area (Å²) in [6, 6.07) is 11.1. The van der Waals surface area contributed by atoms with E-state index in [0.29, 0.717) is 11.3 Å². The van der Waals surface area contributed by atoms with E-state index in [1.165, 1.54) is 30.6 Å². The van der Waals surface area contributed by atoms with E-state index in [0.717, 1.165) is 12.8 Å². The molecule has 1 aliphatic rings. The summed E-state index contributed by atoms with van der Waals surface area (Å²) in [4.78, 5) is 0. The zero-order chi connectivity index (χ0) is 11.9. The van der Waals surface area contributed by atoms with Gasteiger partial charge in [-0.05, 0) is 37.0 Å². The molecule has 0 radical (unpaired) electrons. The van der Waals surface area contributed by atoms with Crippen LogP contribution in [0.25, 0.3) is 0 Å². The Morgan fingerprint density at radius 1 is 1.29 bits per heavy atom. The number of hydrogen-bond acceptors (Lipinski definition) is 3. The van der Waals surface area contributed by atoms with E-state index in [4.69, 9.17) is 5.84 Å². The van der Waals surface area contributed by atoms with E-state index in [-0.39, 0.29) is 0 Å². The van der Waals surface area contributed by atoms with Crippen molar-refractivity contribution in [3.05, 3.63) is 35.9 Å². The normalized spacial score (nSPS) is 22.3. The summed E-state index contributed by atoms with van der Waals surface area (Å²) in [6.07, 6.45) is 6.30. The van der Waals surface area contributed by atoms with Crippen LogP contribution in [-0.2, 0) is 6.42 Å². The standard InChI is InChI=1S/C14H22N2S/c15-16-13(14-8-4-5-11-17-14)10-9-12-6-2-1-3-7-12/h1-3,6-7,13-14,16H,4-5,8-11,15H2. The third-order valence-electron chi connectivity index (χ3n) is 3.46. The molecule has 1 aromatic rings. The molecule has 0 bridgehead atoms. The number of benzene rings is 1. The van der Waals surface area contributed by atoms with Crippen molar-refractivity contribution in [1.29, 1.82) is 0 Å². The monoisotopic (exact) mass is 250 g/mol. The summed E-state index contributed by atoms with van der Waals surface area (Å²) in [5.74, 6) is 7.00. The quantitative estimate of drug-likeness (QED) is 0.623. The molecule has 2 atom stereocenters. The average Bonchev–Trinajstić information content (AvgIpc) is 2.42. The first-order chi connectivity index (χ1) is 8.40. The topological polar surface area (TPSA) is 38.0 Å². The predicted octanol–water partition coefficient (Wildman–Crippen LogP) is 2.74. The largest absolute Gasteiger partial charge is 0.271 e. The molecule has 1 aromatic carbocycles. The fourth-order valence-electron chi connectivity index (χ4n) is 2.43. The van der Waals surface area contributed by atoms with Crippen molar-refractivity contribution in [2.24, 2.45) is 5.84 Å². The first kappa shape index (κ1) is 12.9. The molecule has 2 unspecified atom stereocenters. The highest BCUT2D eigenvalue weighted by Crippen LogP contribution is 2.28. The van der Waals surface area contributed by atoms with Crippen molar-refractivity contribution in [3.63, 3.8) is 0 Å². The van der Waals surface area contributed by atoms with Crippen LogP contribution in [0.15, 0.2) is 30.3 Å². The van der Waals surface area contributed by atoms with Gasteiger partial charge in [-0.1, -0.05) is 36.8 Å². The Balaban J connectivity index is 1.82. The zero-order valence-electron chi connectivity index (χ0n) is 10.3. The highest BCUT2D eigenvalue weighted by Gasteiger charge is 2.22. The second-order valence-electron chi connectivity index (χ2n) is 4.70. The van der Waals surface area contributed by atoms with Crippen molar-refractivity contribution < 1.29 is 0 Å². The van der Waals surface area contributed by atoms with Crippen LogP contribution in [0.5, 0.6) is 0 Å². The van der Waals surface area contributed by atoms with Gasteiger partial charge in [0.05, 0.1) is 0 Å². The van der Waals surface area contributed by atoms with Gasteiger partial charge in [-0.3, -0.25) is 11.3 Å². The Morgan fingerprint density at radius 2 is 2.12 bits per heavy atom. The Kier molecular flexibility index (Phi) is 5.36. The highest BCUT2D eigenvalue weighted by molar-refractivity contribution is 8.00. The van der Waals surface area contributed by atoms with Gasteiger partial charge in [0.1, 0.15) is 0 Å². The summed E-state index contributed by atoms with van der Waals surface area (Å²) >= 11 is 2.09. The molecule has 0 aliphatic carbocycles. The Labute approximate surface area is 108 Å². The van der Waals surface area contributed by atoms with Crippen LogP contribution in [0.4, 0.5) is 0 Å². The molecule has 3 heteroatoms. The van der Waals surface area contributed by atoms with Gasteiger partial charge in [0.15, 0.2) is 0 Å². The van der Waals surface area contributed by atoms with Crippen molar-refractivity contribution in [2.75, 3.05) is 5.75 Å². The van der Waals surface area contributed by atoms with Crippen LogP contribution >= 0.6 is 11.8 Å². The lowest BCUT2D eigenvalue weighted by atomic mass is 10.00. The van der Waals surface area contributed by atoms with Crippen molar-refractivity contribution in [1.82, 2.24) is 5.43 Å². The van der Waals surface area contributed by atoms with E-state index < -0.39 is 0 Å². The van der Waals surface area contributed by atoms with Crippen molar-refractivity contribution in [2.45, 2.75) is 43.4 Å². The minimum atomic E-state index is 0.459. The van der Waals surface area contributed by atoms with Crippen molar-refractivity contribution >= 4 is 11.8 Å². The molecule has 3 N–H and O–H groups in total. The van der Waals surface area contributed by atoms with Gasteiger partial charge in [0, 0.05) is 11.3 Å². The second kappa shape index (κ2) is 7.04. The maximum Gasteiger partial charge on any atom is 0.0332 e.